The molecule has 3 N–H and O–H groups in total. The van der Waals surface area contributed by atoms with Crippen LogP contribution >= 0.6 is 0 Å². The summed E-state index contributed by atoms with van der Waals surface area (Å²) in [5.41, 5.74) is 2.28. The van der Waals surface area contributed by atoms with E-state index < -0.39 is 34.9 Å². The van der Waals surface area contributed by atoms with Crippen molar-refractivity contribution >= 4 is 23.3 Å². The molecule has 0 spiro atoms. The van der Waals surface area contributed by atoms with Gasteiger partial charge in [-0.3, -0.25) is 14.3 Å². The number of amides is 2. The van der Waals surface area contributed by atoms with Crippen LogP contribution in [-0.4, -0.2) is 50.7 Å². The third kappa shape index (κ3) is 4.84. The Morgan fingerprint density at radius 2 is 1.89 bits per heavy atom. The average Bonchev–Trinajstić information content (AvgIpc) is 3.24. The van der Waals surface area contributed by atoms with Crippen LogP contribution < -0.4 is 11.1 Å². The number of pyridine rings is 1. The van der Waals surface area contributed by atoms with Crippen molar-refractivity contribution in [1.82, 2.24) is 19.7 Å². The number of nitrogens with zero attached hydrogens (tertiary/aromatic N) is 5. The first kappa shape index (κ1) is 26.9. The Kier molecular flexibility index (Phi) is 7.56. The van der Waals surface area contributed by atoms with Gasteiger partial charge in [-0.25, -0.2) is 4.98 Å². The lowest BCUT2D eigenvalue weighted by molar-refractivity contribution is -0.230. The fourth-order valence-electron chi connectivity index (χ4n) is 4.64. The fourth-order valence-corrected chi connectivity index (χ4v) is 4.64. The number of piperidine rings is 1. The molecule has 1 aliphatic heterocycles. The molecule has 0 aromatic carbocycles. The number of carbonyl (C=O) groups is 2. The van der Waals surface area contributed by atoms with Crippen LogP contribution in [0.5, 0.6) is 0 Å². The van der Waals surface area contributed by atoms with Crippen LogP contribution in [0, 0.1) is 22.7 Å². The van der Waals surface area contributed by atoms with Crippen LogP contribution in [0.15, 0.2) is 24.5 Å². The van der Waals surface area contributed by atoms with Gasteiger partial charge in [0.1, 0.15) is 11.0 Å². The number of nitriles is 1. The molecular weight excluding hydrogens is 482 g/mol. The van der Waals surface area contributed by atoms with Crippen molar-refractivity contribution < 1.29 is 27.2 Å². The average molecular weight is 510 g/mol. The number of likely N-dealkylation sites (tertiary alicyclic amines) is 1. The monoisotopic (exact) mass is 509 g/mol. The van der Waals surface area contributed by atoms with Gasteiger partial charge in [0.25, 0.3) is 5.91 Å². The maximum absolute atomic E-state index is 13.9. The quantitative estimate of drug-likeness (QED) is 0.411. The summed E-state index contributed by atoms with van der Waals surface area (Å²) in [5.74, 6) is -2.53. The fraction of sp³-hybridized carbons (Fsp3) is 0.522. The maximum Gasteiger partial charge on any atom is 0.403 e. The second-order valence-electron chi connectivity index (χ2n) is 8.83. The van der Waals surface area contributed by atoms with Crippen molar-refractivity contribution in [2.75, 3.05) is 18.4 Å². The van der Waals surface area contributed by atoms with E-state index in [0.29, 0.717) is 0 Å². The SMILES string of the molecule is CCC(CC)(C(=O)N1CCC(CC#N)(n2cc(C(N)=O)c(Nc3ccnc(F)c3)n2)CC1)C(F)(F)F. The number of nitrogens with two attached hydrogens (primary N) is 1. The molecule has 0 unspecified atom stereocenters. The molecule has 2 aromatic rings. The zero-order valence-electron chi connectivity index (χ0n) is 19.9. The molecule has 36 heavy (non-hydrogen) atoms. The van der Waals surface area contributed by atoms with Gasteiger partial charge in [0.2, 0.25) is 11.9 Å². The van der Waals surface area contributed by atoms with E-state index in [1.165, 1.54) is 41.9 Å². The van der Waals surface area contributed by atoms with Gasteiger partial charge in [-0.2, -0.15) is 27.9 Å². The summed E-state index contributed by atoms with van der Waals surface area (Å²) in [6.45, 7) is 2.64. The van der Waals surface area contributed by atoms with Crippen LogP contribution in [0.3, 0.4) is 0 Å². The number of nitrogens with one attached hydrogen (secondary N) is 1. The molecule has 1 saturated heterocycles. The minimum Gasteiger partial charge on any atom is -0.365 e. The Morgan fingerprint density at radius 1 is 1.25 bits per heavy atom. The van der Waals surface area contributed by atoms with Crippen molar-refractivity contribution in [3.63, 3.8) is 0 Å². The highest BCUT2D eigenvalue weighted by Gasteiger charge is 2.59. The van der Waals surface area contributed by atoms with Crippen molar-refractivity contribution in [3.8, 4) is 6.07 Å². The number of aromatic nitrogens is 3. The van der Waals surface area contributed by atoms with Crippen LogP contribution in [0.2, 0.25) is 0 Å². The van der Waals surface area contributed by atoms with Gasteiger partial charge < -0.3 is 16.0 Å². The third-order valence-electron chi connectivity index (χ3n) is 7.00. The first-order valence-corrected chi connectivity index (χ1v) is 11.4. The van der Waals surface area contributed by atoms with Crippen LogP contribution in [0.4, 0.5) is 29.1 Å². The van der Waals surface area contributed by atoms with E-state index in [0.717, 1.165) is 6.07 Å². The van der Waals surface area contributed by atoms with Gasteiger partial charge in [0.05, 0.1) is 18.0 Å². The molecule has 13 heteroatoms. The first-order chi connectivity index (χ1) is 16.9. The molecular formula is C23H27F4N7O2. The Bertz CT molecular complexity index is 1160. The molecule has 2 aromatic heterocycles. The summed E-state index contributed by atoms with van der Waals surface area (Å²) < 4.78 is 56.5. The predicted molar refractivity (Wildman–Crippen MR) is 121 cm³/mol. The number of halogens is 4. The zero-order chi connectivity index (χ0) is 26.7. The number of alkyl halides is 3. The summed E-state index contributed by atoms with van der Waals surface area (Å²) in [6, 6.07) is 4.62. The lowest BCUT2D eigenvalue weighted by atomic mass is 9.78. The molecule has 3 heterocycles. The van der Waals surface area contributed by atoms with E-state index in [2.05, 4.69) is 21.5 Å². The zero-order valence-corrected chi connectivity index (χ0v) is 19.9. The molecule has 1 fully saturated rings. The normalized spacial score (nSPS) is 15.9. The molecule has 9 nitrogen and oxygen atoms in total. The topological polar surface area (TPSA) is 130 Å². The van der Waals surface area contributed by atoms with Gasteiger partial charge in [-0.1, -0.05) is 13.8 Å². The molecule has 0 saturated carbocycles. The van der Waals surface area contributed by atoms with E-state index in [1.54, 1.807) is 0 Å². The van der Waals surface area contributed by atoms with Crippen LogP contribution in [-0.2, 0) is 10.3 Å². The molecule has 0 radical (unpaired) electrons. The Balaban J connectivity index is 1.91. The largest absolute Gasteiger partial charge is 0.403 e. The second-order valence-corrected chi connectivity index (χ2v) is 8.83. The smallest absolute Gasteiger partial charge is 0.365 e. The lowest BCUT2D eigenvalue weighted by Gasteiger charge is -2.44. The summed E-state index contributed by atoms with van der Waals surface area (Å²) in [6.07, 6.45) is -2.67. The first-order valence-electron chi connectivity index (χ1n) is 11.4. The number of hydrogen-bond acceptors (Lipinski definition) is 6. The number of rotatable bonds is 8. The van der Waals surface area contributed by atoms with E-state index in [-0.39, 0.29) is 62.3 Å². The van der Waals surface area contributed by atoms with Gasteiger partial charge >= 0.3 is 6.18 Å². The molecule has 1 aliphatic rings. The van der Waals surface area contributed by atoms with Crippen molar-refractivity contribution in [2.45, 2.75) is 57.7 Å². The van der Waals surface area contributed by atoms with Crippen molar-refractivity contribution in [1.29, 1.82) is 5.26 Å². The van der Waals surface area contributed by atoms with E-state index in [1.807, 2.05) is 0 Å². The number of carbonyl (C=O) groups excluding carboxylic acids is 2. The van der Waals surface area contributed by atoms with Gasteiger partial charge in [-0.15, -0.1) is 0 Å². The Labute approximate surface area is 205 Å². The third-order valence-corrected chi connectivity index (χ3v) is 7.00. The summed E-state index contributed by atoms with van der Waals surface area (Å²) in [4.78, 5) is 29.7. The summed E-state index contributed by atoms with van der Waals surface area (Å²) in [5, 5.41) is 16.7. The van der Waals surface area contributed by atoms with Gasteiger partial charge in [-0.05, 0) is 31.7 Å². The highest BCUT2D eigenvalue weighted by atomic mass is 19.4. The van der Waals surface area contributed by atoms with Crippen LogP contribution in [0.25, 0.3) is 0 Å². The molecule has 0 aliphatic carbocycles. The maximum atomic E-state index is 13.9. The van der Waals surface area contributed by atoms with Gasteiger partial charge in [0.15, 0.2) is 5.82 Å². The van der Waals surface area contributed by atoms with E-state index in [4.69, 9.17) is 5.73 Å². The van der Waals surface area contributed by atoms with Crippen molar-refractivity contribution in [3.05, 3.63) is 36.0 Å². The second kappa shape index (κ2) is 10.1. The highest BCUT2D eigenvalue weighted by molar-refractivity contribution is 5.98. The summed E-state index contributed by atoms with van der Waals surface area (Å²) in [7, 11) is 0. The molecule has 2 amide bonds. The molecule has 194 valence electrons. The predicted octanol–water partition coefficient (Wildman–Crippen LogP) is 3.86. The van der Waals surface area contributed by atoms with Crippen LogP contribution in [0.1, 0.15) is 56.3 Å². The molecule has 0 atom stereocenters. The minimum atomic E-state index is -4.69. The standard InChI is InChI=1S/C23H27F4N7O2/c1-3-22(4-2,23(25,26)27)20(36)33-11-7-21(6-9-28,8-12-33)34-14-16(18(29)35)19(32-34)31-15-5-10-30-17(24)13-15/h5,10,13-14H,3-4,6-8,11-12H2,1-2H3,(H2,29,35)(H,30,31,32). The molecule has 3 rings (SSSR count). The number of primary amides is 1. The molecule has 0 bridgehead atoms. The Morgan fingerprint density at radius 3 is 2.39 bits per heavy atom. The lowest BCUT2D eigenvalue weighted by Crippen LogP contribution is -2.56. The van der Waals surface area contributed by atoms with Crippen molar-refractivity contribution in [2.24, 2.45) is 11.1 Å². The summed E-state index contributed by atoms with van der Waals surface area (Å²) >= 11 is 0. The highest BCUT2D eigenvalue weighted by Crippen LogP contribution is 2.46. The van der Waals surface area contributed by atoms with E-state index in [9.17, 15) is 32.4 Å². The van der Waals surface area contributed by atoms with E-state index >= 15 is 0 Å². The minimum absolute atomic E-state index is 0.0175. The number of anilines is 2. The Hall–Kier alpha value is -3.69. The number of hydrogen-bond donors (Lipinski definition) is 2. The van der Waals surface area contributed by atoms with Gasteiger partial charge in [0, 0.05) is 37.2 Å².